The quantitative estimate of drug-likeness (QED) is 0.824. The molecular formula is C13H14N2O2. The first-order valence-electron chi connectivity index (χ1n) is 5.47. The molecule has 0 amide bonds. The van der Waals surface area contributed by atoms with Crippen molar-refractivity contribution in [3.05, 3.63) is 41.7 Å². The van der Waals surface area contributed by atoms with Crippen LogP contribution >= 0.6 is 0 Å². The van der Waals surface area contributed by atoms with Gasteiger partial charge in [-0.25, -0.2) is 9.78 Å². The van der Waals surface area contributed by atoms with Gasteiger partial charge >= 0.3 is 5.97 Å². The molecule has 1 N–H and O–H groups in total. The number of imidazole rings is 1. The molecule has 2 rings (SSSR count). The van der Waals surface area contributed by atoms with Gasteiger partial charge in [0.05, 0.1) is 13.3 Å². The van der Waals surface area contributed by atoms with E-state index in [1.807, 2.05) is 18.2 Å². The van der Waals surface area contributed by atoms with Gasteiger partial charge in [-0.15, -0.1) is 0 Å². The molecule has 0 aliphatic carbocycles. The number of rotatable bonds is 3. The fraction of sp³-hybridized carbons (Fsp3) is 0.231. The van der Waals surface area contributed by atoms with Crippen LogP contribution in [-0.2, 0) is 11.2 Å². The van der Waals surface area contributed by atoms with Crippen molar-refractivity contribution in [1.82, 2.24) is 9.97 Å². The van der Waals surface area contributed by atoms with Gasteiger partial charge in [0, 0.05) is 5.56 Å². The predicted molar refractivity (Wildman–Crippen MR) is 64.7 cm³/mol. The van der Waals surface area contributed by atoms with E-state index in [0.717, 1.165) is 12.0 Å². The third-order valence-corrected chi connectivity index (χ3v) is 2.63. The summed E-state index contributed by atoms with van der Waals surface area (Å²) in [6.45, 7) is 2.09. The van der Waals surface area contributed by atoms with E-state index in [0.29, 0.717) is 11.5 Å². The normalized spacial score (nSPS) is 10.2. The van der Waals surface area contributed by atoms with Crippen molar-refractivity contribution in [2.45, 2.75) is 13.3 Å². The number of carbonyl (C=O) groups is 1. The van der Waals surface area contributed by atoms with Crippen LogP contribution in [0.25, 0.3) is 11.4 Å². The van der Waals surface area contributed by atoms with Crippen LogP contribution in [0, 0.1) is 0 Å². The summed E-state index contributed by atoms with van der Waals surface area (Å²) in [7, 11) is 1.35. The van der Waals surface area contributed by atoms with Crippen LogP contribution in [0.2, 0.25) is 0 Å². The Kier molecular flexibility index (Phi) is 3.23. The van der Waals surface area contributed by atoms with E-state index in [4.69, 9.17) is 0 Å². The van der Waals surface area contributed by atoms with E-state index >= 15 is 0 Å². The van der Waals surface area contributed by atoms with Crippen molar-refractivity contribution in [3.8, 4) is 11.4 Å². The minimum Gasteiger partial charge on any atom is -0.464 e. The van der Waals surface area contributed by atoms with Crippen molar-refractivity contribution >= 4 is 5.97 Å². The second-order valence-electron chi connectivity index (χ2n) is 3.65. The van der Waals surface area contributed by atoms with Gasteiger partial charge in [0.2, 0.25) is 0 Å². The van der Waals surface area contributed by atoms with E-state index in [1.165, 1.54) is 18.9 Å². The number of hydrogen-bond donors (Lipinski definition) is 1. The van der Waals surface area contributed by atoms with Gasteiger partial charge in [-0.05, 0) is 12.0 Å². The van der Waals surface area contributed by atoms with Crippen LogP contribution in [0.1, 0.15) is 23.0 Å². The molecule has 0 unspecified atom stereocenters. The molecule has 0 atom stereocenters. The number of H-pyrrole nitrogens is 1. The number of aromatic nitrogens is 2. The molecule has 1 aromatic carbocycles. The van der Waals surface area contributed by atoms with Crippen LogP contribution < -0.4 is 0 Å². The molecule has 4 nitrogen and oxygen atoms in total. The van der Waals surface area contributed by atoms with Crippen molar-refractivity contribution in [2.24, 2.45) is 0 Å². The fourth-order valence-electron chi connectivity index (χ4n) is 1.73. The van der Waals surface area contributed by atoms with E-state index in [2.05, 4.69) is 27.7 Å². The zero-order valence-electron chi connectivity index (χ0n) is 9.86. The summed E-state index contributed by atoms with van der Waals surface area (Å²) >= 11 is 0. The summed E-state index contributed by atoms with van der Waals surface area (Å²) in [5.41, 5.74) is 2.58. The smallest absolute Gasteiger partial charge is 0.356 e. The average molecular weight is 230 g/mol. The van der Waals surface area contributed by atoms with Crippen LogP contribution in [0.5, 0.6) is 0 Å². The number of aryl methyl sites for hydroxylation is 1. The van der Waals surface area contributed by atoms with Crippen molar-refractivity contribution < 1.29 is 9.53 Å². The van der Waals surface area contributed by atoms with Crippen LogP contribution in [-0.4, -0.2) is 23.0 Å². The van der Waals surface area contributed by atoms with Crippen LogP contribution in [0.3, 0.4) is 0 Å². The lowest BCUT2D eigenvalue weighted by Gasteiger charge is -2.03. The van der Waals surface area contributed by atoms with Crippen LogP contribution in [0.4, 0.5) is 0 Å². The van der Waals surface area contributed by atoms with Crippen molar-refractivity contribution in [1.29, 1.82) is 0 Å². The van der Waals surface area contributed by atoms with Crippen LogP contribution in [0.15, 0.2) is 30.5 Å². The third kappa shape index (κ3) is 2.20. The third-order valence-electron chi connectivity index (χ3n) is 2.63. The monoisotopic (exact) mass is 230 g/mol. The van der Waals surface area contributed by atoms with E-state index in [1.54, 1.807) is 0 Å². The summed E-state index contributed by atoms with van der Waals surface area (Å²) in [5, 5.41) is 0. The Hall–Kier alpha value is -2.10. The van der Waals surface area contributed by atoms with E-state index < -0.39 is 5.97 Å². The second-order valence-corrected chi connectivity index (χ2v) is 3.65. The number of hydrogen-bond acceptors (Lipinski definition) is 3. The summed E-state index contributed by atoms with van der Waals surface area (Å²) in [5.74, 6) is 0.292. The van der Waals surface area contributed by atoms with Gasteiger partial charge in [-0.2, -0.15) is 0 Å². The lowest BCUT2D eigenvalue weighted by molar-refractivity contribution is 0.0595. The van der Waals surface area contributed by atoms with Crippen molar-refractivity contribution in [3.63, 3.8) is 0 Å². The molecule has 0 aliphatic rings. The predicted octanol–water partition coefficient (Wildman–Crippen LogP) is 2.43. The minimum atomic E-state index is -0.405. The Morgan fingerprint density at radius 3 is 2.88 bits per heavy atom. The first kappa shape index (κ1) is 11.4. The number of esters is 1. The Morgan fingerprint density at radius 1 is 1.41 bits per heavy atom. The summed E-state index contributed by atoms with van der Waals surface area (Å²) in [6.07, 6.45) is 2.41. The molecular weight excluding hydrogens is 216 g/mol. The molecule has 0 saturated carbocycles. The van der Waals surface area contributed by atoms with E-state index in [-0.39, 0.29) is 0 Å². The standard InChI is InChI=1S/C13H14N2O2/c1-3-9-6-4-5-7-10(9)12-14-8-11(15-12)13(16)17-2/h4-8H,3H2,1-2H3,(H,14,15). The molecule has 2 aromatic rings. The first-order chi connectivity index (χ1) is 8.26. The number of aromatic amines is 1. The van der Waals surface area contributed by atoms with Gasteiger partial charge < -0.3 is 9.72 Å². The highest BCUT2D eigenvalue weighted by Crippen LogP contribution is 2.21. The first-order valence-corrected chi connectivity index (χ1v) is 5.47. The lowest BCUT2D eigenvalue weighted by Crippen LogP contribution is -2.01. The van der Waals surface area contributed by atoms with Gasteiger partial charge in [0.1, 0.15) is 11.5 Å². The molecule has 0 aliphatic heterocycles. The highest BCUT2D eigenvalue weighted by molar-refractivity contribution is 5.87. The summed E-state index contributed by atoms with van der Waals surface area (Å²) < 4.78 is 4.63. The number of benzene rings is 1. The Balaban J connectivity index is 2.40. The minimum absolute atomic E-state index is 0.369. The van der Waals surface area contributed by atoms with E-state index in [9.17, 15) is 4.79 Å². The molecule has 88 valence electrons. The van der Waals surface area contributed by atoms with Gasteiger partial charge in [-0.3, -0.25) is 0 Å². The van der Waals surface area contributed by atoms with Gasteiger partial charge in [0.15, 0.2) is 0 Å². The fourth-order valence-corrected chi connectivity index (χ4v) is 1.73. The maximum atomic E-state index is 11.3. The zero-order chi connectivity index (χ0) is 12.3. The zero-order valence-corrected chi connectivity index (χ0v) is 9.86. The number of nitrogens with one attached hydrogen (secondary N) is 1. The number of ether oxygens (including phenoxy) is 1. The average Bonchev–Trinajstić information content (AvgIpc) is 2.87. The Labute approximate surface area is 99.7 Å². The second kappa shape index (κ2) is 4.82. The maximum Gasteiger partial charge on any atom is 0.356 e. The number of methoxy groups -OCH3 is 1. The van der Waals surface area contributed by atoms with Gasteiger partial charge in [0.25, 0.3) is 0 Å². The SMILES string of the molecule is CCc1ccccc1-c1ncc(C(=O)OC)[nH]1. The summed E-state index contributed by atoms with van der Waals surface area (Å²) in [6, 6.07) is 7.98. The number of carbonyl (C=O) groups excluding carboxylic acids is 1. The molecule has 4 heteroatoms. The molecule has 1 aromatic heterocycles. The largest absolute Gasteiger partial charge is 0.464 e. The summed E-state index contributed by atoms with van der Waals surface area (Å²) in [4.78, 5) is 18.5. The number of nitrogens with zero attached hydrogens (tertiary/aromatic N) is 1. The molecule has 0 fully saturated rings. The topological polar surface area (TPSA) is 55.0 Å². The molecule has 1 heterocycles. The lowest BCUT2D eigenvalue weighted by atomic mass is 10.1. The molecule has 0 bridgehead atoms. The molecule has 0 spiro atoms. The van der Waals surface area contributed by atoms with Crippen molar-refractivity contribution in [2.75, 3.05) is 7.11 Å². The highest BCUT2D eigenvalue weighted by Gasteiger charge is 2.11. The molecule has 17 heavy (non-hydrogen) atoms. The molecule has 0 radical (unpaired) electrons. The molecule has 0 saturated heterocycles. The maximum absolute atomic E-state index is 11.3. The van der Waals surface area contributed by atoms with Gasteiger partial charge in [-0.1, -0.05) is 31.2 Å². The Bertz CT molecular complexity index is 532. The highest BCUT2D eigenvalue weighted by atomic mass is 16.5. The Morgan fingerprint density at radius 2 is 2.18 bits per heavy atom.